The van der Waals surface area contributed by atoms with Gasteiger partial charge in [-0.1, -0.05) is 13.8 Å². The predicted octanol–water partition coefficient (Wildman–Crippen LogP) is 2.27. The lowest BCUT2D eigenvalue weighted by molar-refractivity contribution is 0.101. The predicted molar refractivity (Wildman–Crippen MR) is 55.2 cm³/mol. The van der Waals surface area contributed by atoms with E-state index in [9.17, 15) is 4.79 Å². The Hall–Kier alpha value is -1.25. The summed E-state index contributed by atoms with van der Waals surface area (Å²) < 4.78 is 0. The lowest BCUT2D eigenvalue weighted by atomic mass is 10.1. The molecule has 0 aliphatic heterocycles. The molecule has 1 rings (SSSR count). The summed E-state index contributed by atoms with van der Waals surface area (Å²) in [6.07, 6.45) is 5.29. The van der Waals surface area contributed by atoms with E-state index < -0.39 is 0 Å². The standard InChI is InChI=1S/C11H16N2O/c1-8(2)4-5-10-6-13-11(7-12-10)9(3)14/h6-8H,4-5H2,1-3H3. The summed E-state index contributed by atoms with van der Waals surface area (Å²) in [5.41, 5.74) is 1.40. The number of aryl methyl sites for hydroxylation is 1. The first-order chi connectivity index (χ1) is 6.59. The van der Waals surface area contributed by atoms with Crippen molar-refractivity contribution in [1.29, 1.82) is 0 Å². The van der Waals surface area contributed by atoms with Crippen molar-refractivity contribution in [2.24, 2.45) is 5.92 Å². The zero-order valence-corrected chi connectivity index (χ0v) is 8.95. The van der Waals surface area contributed by atoms with Crippen LogP contribution in [0.3, 0.4) is 0 Å². The van der Waals surface area contributed by atoms with Gasteiger partial charge in [-0.05, 0) is 18.8 Å². The van der Waals surface area contributed by atoms with E-state index in [-0.39, 0.29) is 5.78 Å². The van der Waals surface area contributed by atoms with Crippen LogP contribution in [0.5, 0.6) is 0 Å². The normalized spacial score (nSPS) is 10.6. The number of carbonyl (C=O) groups excluding carboxylic acids is 1. The lowest BCUT2D eigenvalue weighted by Crippen LogP contribution is -2.01. The van der Waals surface area contributed by atoms with Crippen LogP contribution in [0, 0.1) is 5.92 Å². The largest absolute Gasteiger partial charge is 0.293 e. The van der Waals surface area contributed by atoms with Crippen LogP contribution >= 0.6 is 0 Å². The number of nitrogens with zero attached hydrogens (tertiary/aromatic N) is 2. The van der Waals surface area contributed by atoms with Gasteiger partial charge in [0.05, 0.1) is 11.9 Å². The van der Waals surface area contributed by atoms with Gasteiger partial charge in [0.25, 0.3) is 0 Å². The summed E-state index contributed by atoms with van der Waals surface area (Å²) in [5, 5.41) is 0. The van der Waals surface area contributed by atoms with E-state index in [1.54, 1.807) is 12.4 Å². The summed E-state index contributed by atoms with van der Waals surface area (Å²) in [7, 11) is 0. The molecule has 14 heavy (non-hydrogen) atoms. The number of Topliss-reactive ketones (excluding diaryl/α,β-unsaturated/α-hetero) is 1. The molecular weight excluding hydrogens is 176 g/mol. The number of carbonyl (C=O) groups is 1. The van der Waals surface area contributed by atoms with Crippen molar-refractivity contribution < 1.29 is 4.79 Å². The Labute approximate surface area is 84.6 Å². The fraction of sp³-hybridized carbons (Fsp3) is 0.545. The smallest absolute Gasteiger partial charge is 0.179 e. The first-order valence-corrected chi connectivity index (χ1v) is 4.91. The van der Waals surface area contributed by atoms with Crippen molar-refractivity contribution in [1.82, 2.24) is 9.97 Å². The zero-order chi connectivity index (χ0) is 10.6. The van der Waals surface area contributed by atoms with Crippen LogP contribution in [-0.2, 0) is 6.42 Å². The van der Waals surface area contributed by atoms with Gasteiger partial charge in [-0.2, -0.15) is 0 Å². The SMILES string of the molecule is CC(=O)c1cnc(CCC(C)C)cn1. The first-order valence-electron chi connectivity index (χ1n) is 4.91. The molecule has 0 fully saturated rings. The third-order valence-corrected chi connectivity index (χ3v) is 2.04. The Balaban J connectivity index is 2.60. The van der Waals surface area contributed by atoms with Gasteiger partial charge in [-0.25, -0.2) is 4.98 Å². The second kappa shape index (κ2) is 4.84. The van der Waals surface area contributed by atoms with E-state index in [2.05, 4.69) is 23.8 Å². The van der Waals surface area contributed by atoms with Crippen molar-refractivity contribution in [3.8, 4) is 0 Å². The van der Waals surface area contributed by atoms with Crippen LogP contribution in [0.15, 0.2) is 12.4 Å². The second-order valence-electron chi connectivity index (χ2n) is 3.88. The molecule has 3 heteroatoms. The van der Waals surface area contributed by atoms with Gasteiger partial charge in [-0.15, -0.1) is 0 Å². The minimum Gasteiger partial charge on any atom is -0.293 e. The van der Waals surface area contributed by atoms with Crippen LogP contribution in [0.25, 0.3) is 0 Å². The van der Waals surface area contributed by atoms with E-state index >= 15 is 0 Å². The van der Waals surface area contributed by atoms with Gasteiger partial charge in [0, 0.05) is 13.1 Å². The molecule has 3 nitrogen and oxygen atoms in total. The molecule has 0 N–H and O–H groups in total. The van der Waals surface area contributed by atoms with Crippen molar-refractivity contribution in [2.75, 3.05) is 0 Å². The highest BCUT2D eigenvalue weighted by Crippen LogP contribution is 2.06. The number of ketones is 1. The lowest BCUT2D eigenvalue weighted by Gasteiger charge is -2.03. The Morgan fingerprint density at radius 2 is 2.07 bits per heavy atom. The Kier molecular flexibility index (Phi) is 3.74. The van der Waals surface area contributed by atoms with E-state index in [0.717, 1.165) is 18.5 Å². The minimum atomic E-state index is -0.0343. The van der Waals surface area contributed by atoms with Gasteiger partial charge < -0.3 is 0 Å². The van der Waals surface area contributed by atoms with Crippen LogP contribution < -0.4 is 0 Å². The molecule has 0 aliphatic carbocycles. The molecular formula is C11H16N2O. The van der Waals surface area contributed by atoms with Crippen LogP contribution in [0.2, 0.25) is 0 Å². The van der Waals surface area contributed by atoms with Gasteiger partial charge in [0.1, 0.15) is 5.69 Å². The van der Waals surface area contributed by atoms with Crippen molar-refractivity contribution in [3.63, 3.8) is 0 Å². The van der Waals surface area contributed by atoms with Crippen molar-refractivity contribution >= 4 is 5.78 Å². The quantitative estimate of drug-likeness (QED) is 0.687. The molecule has 0 aliphatic rings. The topological polar surface area (TPSA) is 42.9 Å². The molecule has 1 aromatic heterocycles. The summed E-state index contributed by atoms with van der Waals surface area (Å²) in [4.78, 5) is 19.2. The highest BCUT2D eigenvalue weighted by molar-refractivity contribution is 5.91. The maximum absolute atomic E-state index is 10.9. The van der Waals surface area contributed by atoms with Gasteiger partial charge in [0.15, 0.2) is 5.78 Å². The molecule has 1 aromatic rings. The number of rotatable bonds is 4. The Morgan fingerprint density at radius 1 is 1.36 bits per heavy atom. The molecule has 0 bridgehead atoms. The molecule has 0 spiro atoms. The molecule has 0 atom stereocenters. The second-order valence-corrected chi connectivity index (χ2v) is 3.88. The van der Waals surface area contributed by atoms with E-state index in [1.807, 2.05) is 0 Å². The van der Waals surface area contributed by atoms with Crippen LogP contribution in [0.4, 0.5) is 0 Å². The molecule has 0 amide bonds. The van der Waals surface area contributed by atoms with Gasteiger partial charge in [-0.3, -0.25) is 9.78 Å². The van der Waals surface area contributed by atoms with Crippen molar-refractivity contribution in [2.45, 2.75) is 33.6 Å². The summed E-state index contributed by atoms with van der Waals surface area (Å²) in [6.45, 7) is 5.85. The minimum absolute atomic E-state index is 0.0343. The number of hydrogen-bond acceptors (Lipinski definition) is 3. The van der Waals surface area contributed by atoms with Crippen LogP contribution in [-0.4, -0.2) is 15.8 Å². The molecule has 1 heterocycles. The average molecular weight is 192 g/mol. The van der Waals surface area contributed by atoms with Crippen molar-refractivity contribution in [3.05, 3.63) is 23.8 Å². The number of aromatic nitrogens is 2. The maximum atomic E-state index is 10.9. The maximum Gasteiger partial charge on any atom is 0.179 e. The van der Waals surface area contributed by atoms with E-state index in [0.29, 0.717) is 11.6 Å². The van der Waals surface area contributed by atoms with Gasteiger partial charge >= 0.3 is 0 Å². The zero-order valence-electron chi connectivity index (χ0n) is 8.95. The van der Waals surface area contributed by atoms with E-state index in [4.69, 9.17) is 0 Å². The molecule has 0 aromatic carbocycles. The molecule has 0 saturated carbocycles. The Morgan fingerprint density at radius 3 is 2.50 bits per heavy atom. The van der Waals surface area contributed by atoms with Gasteiger partial charge in [0.2, 0.25) is 0 Å². The summed E-state index contributed by atoms with van der Waals surface area (Å²) in [5.74, 6) is 0.636. The highest BCUT2D eigenvalue weighted by Gasteiger charge is 2.02. The first kappa shape index (κ1) is 10.8. The molecule has 0 radical (unpaired) electrons. The van der Waals surface area contributed by atoms with E-state index in [1.165, 1.54) is 6.92 Å². The third kappa shape index (κ3) is 3.24. The fourth-order valence-electron chi connectivity index (χ4n) is 1.10. The molecule has 0 unspecified atom stereocenters. The monoisotopic (exact) mass is 192 g/mol. The van der Waals surface area contributed by atoms with Crippen LogP contribution in [0.1, 0.15) is 43.4 Å². The molecule has 0 saturated heterocycles. The summed E-state index contributed by atoms with van der Waals surface area (Å²) >= 11 is 0. The average Bonchev–Trinajstić information content (AvgIpc) is 2.15. The third-order valence-electron chi connectivity index (χ3n) is 2.04. The number of hydrogen-bond donors (Lipinski definition) is 0. The highest BCUT2D eigenvalue weighted by atomic mass is 16.1. The summed E-state index contributed by atoms with van der Waals surface area (Å²) in [6, 6.07) is 0. The fourth-order valence-corrected chi connectivity index (χ4v) is 1.10. The Bertz CT molecular complexity index is 304. The molecule has 76 valence electrons.